The lowest BCUT2D eigenvalue weighted by atomic mass is 9.98. The summed E-state index contributed by atoms with van der Waals surface area (Å²) in [4.78, 5) is 40.9. The minimum absolute atomic E-state index is 0.00350. The van der Waals surface area contributed by atoms with Crippen LogP contribution in [0.3, 0.4) is 0 Å². The summed E-state index contributed by atoms with van der Waals surface area (Å²) in [7, 11) is 1.52. The normalized spacial score (nSPS) is 20.8. The molecule has 0 radical (unpaired) electrons. The Morgan fingerprint density at radius 2 is 1.97 bits per heavy atom. The van der Waals surface area contributed by atoms with Crippen molar-refractivity contribution in [2.24, 2.45) is 0 Å². The molecule has 1 aromatic heterocycles. The Kier molecular flexibility index (Phi) is 5.95. The molecule has 9 nitrogen and oxygen atoms in total. The molecule has 0 spiro atoms. The van der Waals surface area contributed by atoms with Gasteiger partial charge in [-0.3, -0.25) is 9.69 Å². The Labute approximate surface area is 185 Å². The predicted molar refractivity (Wildman–Crippen MR) is 119 cm³/mol. The molecule has 0 unspecified atom stereocenters. The van der Waals surface area contributed by atoms with Gasteiger partial charge in [0.25, 0.3) is 5.56 Å². The molecule has 32 heavy (non-hydrogen) atoms. The topological polar surface area (TPSA) is 118 Å². The highest BCUT2D eigenvalue weighted by atomic mass is 16.6. The number of aliphatic carboxylic acids is 1. The first kappa shape index (κ1) is 23.2. The minimum atomic E-state index is -1.51. The number of nitrogens with one attached hydrogen (secondary N) is 1. The van der Waals surface area contributed by atoms with Gasteiger partial charge in [-0.2, -0.15) is 0 Å². The zero-order chi connectivity index (χ0) is 23.8. The van der Waals surface area contributed by atoms with E-state index in [2.05, 4.69) is 11.6 Å². The smallest absolute Gasteiger partial charge is 0.411 e. The van der Waals surface area contributed by atoms with Crippen LogP contribution in [0.4, 0.5) is 4.79 Å². The van der Waals surface area contributed by atoms with Crippen molar-refractivity contribution in [3.63, 3.8) is 0 Å². The summed E-state index contributed by atoms with van der Waals surface area (Å²) >= 11 is 0. The molecule has 1 fully saturated rings. The third-order valence-corrected chi connectivity index (χ3v) is 5.35. The summed E-state index contributed by atoms with van der Waals surface area (Å²) in [6.07, 6.45) is 0.250. The van der Waals surface area contributed by atoms with Crippen LogP contribution < -0.4 is 15.0 Å². The van der Waals surface area contributed by atoms with Gasteiger partial charge in [0.1, 0.15) is 28.7 Å². The zero-order valence-electron chi connectivity index (χ0n) is 18.9. The fraction of sp³-hybridized carbons (Fsp3) is 0.435. The van der Waals surface area contributed by atoms with Crippen molar-refractivity contribution in [1.29, 1.82) is 0 Å². The zero-order valence-corrected chi connectivity index (χ0v) is 18.9. The van der Waals surface area contributed by atoms with E-state index >= 15 is 0 Å². The molecule has 1 amide bonds. The van der Waals surface area contributed by atoms with Gasteiger partial charge in [-0.25, -0.2) is 9.59 Å². The van der Waals surface area contributed by atoms with E-state index in [1.807, 2.05) is 0 Å². The standard InChI is InChI=1S/C23H28N2O7/c1-7-13-8-15-16(9-17(13)30-6)24-19(26)10-18(15)31-14-11-23(5,20(27)28)25(12-14)21(29)32-22(2,3)4/h7-10,14H,1,11-12H2,2-6H3,(H,24,26)(H,27,28)/t14-,23+/m1/s1. The second kappa shape index (κ2) is 8.22. The molecule has 2 atom stereocenters. The molecule has 1 saturated heterocycles. The number of likely N-dealkylation sites (tertiary alicyclic amines) is 1. The first-order valence-corrected chi connectivity index (χ1v) is 10.2. The number of benzene rings is 1. The van der Waals surface area contributed by atoms with Crippen LogP contribution in [0, 0.1) is 0 Å². The maximum absolute atomic E-state index is 12.7. The average Bonchev–Trinajstić information content (AvgIpc) is 3.03. The van der Waals surface area contributed by atoms with E-state index in [0.717, 1.165) is 0 Å². The van der Waals surface area contributed by atoms with E-state index in [4.69, 9.17) is 14.2 Å². The number of aromatic amines is 1. The number of carbonyl (C=O) groups is 2. The largest absolute Gasteiger partial charge is 0.496 e. The maximum atomic E-state index is 12.7. The van der Waals surface area contributed by atoms with Gasteiger partial charge in [0.05, 0.1) is 19.2 Å². The number of H-pyrrole nitrogens is 1. The van der Waals surface area contributed by atoms with Crippen LogP contribution in [0.5, 0.6) is 11.5 Å². The van der Waals surface area contributed by atoms with Crippen molar-refractivity contribution >= 4 is 29.0 Å². The number of rotatable bonds is 5. The van der Waals surface area contributed by atoms with Crippen molar-refractivity contribution in [3.8, 4) is 11.5 Å². The highest BCUT2D eigenvalue weighted by molar-refractivity contribution is 5.89. The quantitative estimate of drug-likeness (QED) is 0.725. The highest BCUT2D eigenvalue weighted by Gasteiger charge is 2.52. The van der Waals surface area contributed by atoms with E-state index in [1.165, 1.54) is 25.0 Å². The summed E-state index contributed by atoms with van der Waals surface area (Å²) in [5.74, 6) is -0.349. The molecule has 3 rings (SSSR count). The van der Waals surface area contributed by atoms with Crippen molar-refractivity contribution in [1.82, 2.24) is 9.88 Å². The van der Waals surface area contributed by atoms with Gasteiger partial charge >= 0.3 is 12.1 Å². The number of nitrogens with zero attached hydrogens (tertiary/aromatic N) is 1. The Morgan fingerprint density at radius 3 is 2.53 bits per heavy atom. The summed E-state index contributed by atoms with van der Waals surface area (Å²) < 4.78 is 16.8. The fourth-order valence-electron chi connectivity index (χ4n) is 3.78. The van der Waals surface area contributed by atoms with Gasteiger partial charge in [0.2, 0.25) is 0 Å². The molecular formula is C23H28N2O7. The minimum Gasteiger partial charge on any atom is -0.496 e. The molecule has 2 N–H and O–H groups in total. The molecule has 1 aliphatic rings. The number of carboxylic acid groups (broad SMARTS) is 1. The van der Waals surface area contributed by atoms with Gasteiger partial charge in [-0.15, -0.1) is 0 Å². The molecule has 0 bridgehead atoms. The van der Waals surface area contributed by atoms with Crippen LogP contribution >= 0.6 is 0 Å². The third kappa shape index (κ3) is 4.42. The van der Waals surface area contributed by atoms with Crippen LogP contribution in [0.15, 0.2) is 29.6 Å². The number of fused-ring (bicyclic) bond motifs is 1. The lowest BCUT2D eigenvalue weighted by Crippen LogP contribution is -2.52. The number of carbonyl (C=O) groups excluding carboxylic acids is 1. The SMILES string of the molecule is C=Cc1cc2c(O[C@H]3CN(C(=O)OC(C)(C)C)[C@](C)(C(=O)O)C3)cc(=O)[nH]c2cc1OC. The van der Waals surface area contributed by atoms with Gasteiger partial charge in [0.15, 0.2) is 0 Å². The van der Waals surface area contributed by atoms with E-state index in [1.54, 1.807) is 39.0 Å². The Morgan fingerprint density at radius 1 is 1.28 bits per heavy atom. The molecule has 2 aromatic rings. The number of ether oxygens (including phenoxy) is 3. The average molecular weight is 444 g/mol. The van der Waals surface area contributed by atoms with Gasteiger partial charge in [-0.1, -0.05) is 12.7 Å². The Balaban J connectivity index is 1.98. The molecule has 0 saturated carbocycles. The lowest BCUT2D eigenvalue weighted by Gasteiger charge is -2.32. The monoisotopic (exact) mass is 444 g/mol. The van der Waals surface area contributed by atoms with Crippen LogP contribution in [0.2, 0.25) is 0 Å². The van der Waals surface area contributed by atoms with E-state index in [-0.39, 0.29) is 24.3 Å². The Bertz CT molecular complexity index is 1130. The third-order valence-electron chi connectivity index (χ3n) is 5.35. The van der Waals surface area contributed by atoms with Crippen LogP contribution in [0.25, 0.3) is 17.0 Å². The van der Waals surface area contributed by atoms with Crippen LogP contribution in [0.1, 0.15) is 39.7 Å². The number of hydrogen-bond acceptors (Lipinski definition) is 6. The van der Waals surface area contributed by atoms with Gasteiger partial charge in [0, 0.05) is 29.5 Å². The maximum Gasteiger partial charge on any atom is 0.411 e. The number of methoxy groups -OCH3 is 1. The van der Waals surface area contributed by atoms with Crippen molar-refractivity contribution in [2.75, 3.05) is 13.7 Å². The molecule has 0 aliphatic carbocycles. The van der Waals surface area contributed by atoms with E-state index in [9.17, 15) is 19.5 Å². The summed E-state index contributed by atoms with van der Waals surface area (Å²) in [6.45, 7) is 10.4. The van der Waals surface area contributed by atoms with Crippen molar-refractivity contribution < 1.29 is 28.9 Å². The van der Waals surface area contributed by atoms with E-state index < -0.39 is 29.3 Å². The molecule has 2 heterocycles. The molecule has 9 heteroatoms. The first-order chi connectivity index (χ1) is 14.9. The van der Waals surface area contributed by atoms with Gasteiger partial charge < -0.3 is 24.3 Å². The van der Waals surface area contributed by atoms with E-state index in [0.29, 0.717) is 22.2 Å². The molecule has 172 valence electrons. The number of aromatic nitrogens is 1. The summed E-state index contributed by atoms with van der Waals surface area (Å²) in [6, 6.07) is 4.74. The summed E-state index contributed by atoms with van der Waals surface area (Å²) in [5.41, 5.74) is -1.48. The first-order valence-electron chi connectivity index (χ1n) is 10.2. The molecule has 1 aliphatic heterocycles. The highest BCUT2D eigenvalue weighted by Crippen LogP contribution is 2.36. The predicted octanol–water partition coefficient (Wildman–Crippen LogP) is 3.41. The van der Waals surface area contributed by atoms with Crippen LogP contribution in [-0.4, -0.2) is 58.0 Å². The number of carboxylic acids is 1. The summed E-state index contributed by atoms with van der Waals surface area (Å²) in [5, 5.41) is 10.4. The molecule has 1 aromatic carbocycles. The molecular weight excluding hydrogens is 416 g/mol. The number of amides is 1. The van der Waals surface area contributed by atoms with Gasteiger partial charge in [-0.05, 0) is 33.8 Å². The fourth-order valence-corrected chi connectivity index (χ4v) is 3.78. The Hall–Kier alpha value is -3.49. The van der Waals surface area contributed by atoms with Crippen LogP contribution in [-0.2, 0) is 9.53 Å². The second-order valence-corrected chi connectivity index (χ2v) is 8.96. The lowest BCUT2D eigenvalue weighted by molar-refractivity contribution is -0.148. The van der Waals surface area contributed by atoms with Crippen molar-refractivity contribution in [3.05, 3.63) is 40.7 Å². The number of hydrogen-bond donors (Lipinski definition) is 2. The van der Waals surface area contributed by atoms with Crippen molar-refractivity contribution in [2.45, 2.75) is 51.4 Å². The number of pyridine rings is 1. The second-order valence-electron chi connectivity index (χ2n) is 8.96.